The van der Waals surface area contributed by atoms with E-state index < -0.39 is 0 Å². The van der Waals surface area contributed by atoms with Gasteiger partial charge in [0.2, 0.25) is 0 Å². The lowest BCUT2D eigenvalue weighted by molar-refractivity contribution is 0.415. The monoisotopic (exact) mass is 248 g/mol. The van der Waals surface area contributed by atoms with Crippen LogP contribution in [0.3, 0.4) is 0 Å². The second-order valence-corrected chi connectivity index (χ2v) is 3.77. The molecule has 0 spiro atoms. The summed E-state index contributed by atoms with van der Waals surface area (Å²) in [5, 5.41) is 7.31. The van der Waals surface area contributed by atoms with E-state index in [0.29, 0.717) is 18.9 Å². The van der Waals surface area contributed by atoms with Crippen molar-refractivity contribution >= 4 is 5.69 Å². The predicted octanol–water partition coefficient (Wildman–Crippen LogP) is 1.21. The summed E-state index contributed by atoms with van der Waals surface area (Å²) in [4.78, 5) is 14.1. The first-order valence-electron chi connectivity index (χ1n) is 5.77. The number of hydrogen-bond acceptors (Lipinski definition) is 4. The highest BCUT2D eigenvalue weighted by atomic mass is 16.5. The van der Waals surface area contributed by atoms with Gasteiger partial charge in [0.1, 0.15) is 11.6 Å². The summed E-state index contributed by atoms with van der Waals surface area (Å²) in [7, 11) is 1.63. The highest BCUT2D eigenvalue weighted by molar-refractivity contribution is 5.46. The number of benzene rings is 1. The second-order valence-electron chi connectivity index (χ2n) is 3.77. The minimum atomic E-state index is -0.177. The zero-order valence-corrected chi connectivity index (χ0v) is 10.4. The average molecular weight is 248 g/mol. The standard InChI is InChI=1S/C12H16N4O2/c1-3-16-12(17)14-11(15-16)8-13-9-4-6-10(18-2)7-5-9/h4-7,13H,3,8H2,1-2H3,(H,14,15,17). The Hall–Kier alpha value is -2.24. The molecule has 0 amide bonds. The van der Waals surface area contributed by atoms with Crippen LogP contribution in [0.4, 0.5) is 5.69 Å². The molecule has 0 aliphatic rings. The third-order valence-electron chi connectivity index (χ3n) is 2.58. The van der Waals surface area contributed by atoms with Crippen molar-refractivity contribution in [2.45, 2.75) is 20.0 Å². The molecule has 2 N–H and O–H groups in total. The molecule has 0 aliphatic carbocycles. The van der Waals surface area contributed by atoms with Crippen molar-refractivity contribution < 1.29 is 4.74 Å². The van der Waals surface area contributed by atoms with Gasteiger partial charge in [-0.15, -0.1) is 0 Å². The molecular formula is C12H16N4O2. The first-order valence-corrected chi connectivity index (χ1v) is 5.77. The van der Waals surface area contributed by atoms with Gasteiger partial charge in [-0.3, -0.25) is 4.98 Å². The number of nitrogens with zero attached hydrogens (tertiary/aromatic N) is 2. The van der Waals surface area contributed by atoms with E-state index in [1.54, 1.807) is 7.11 Å². The number of aromatic amines is 1. The Bertz CT molecular complexity index is 556. The maximum Gasteiger partial charge on any atom is 0.343 e. The van der Waals surface area contributed by atoms with Crippen LogP contribution in [0.15, 0.2) is 29.1 Å². The molecule has 1 heterocycles. The van der Waals surface area contributed by atoms with Gasteiger partial charge in [0.25, 0.3) is 0 Å². The molecule has 0 aliphatic heterocycles. The van der Waals surface area contributed by atoms with Gasteiger partial charge in [0.15, 0.2) is 0 Å². The van der Waals surface area contributed by atoms with Gasteiger partial charge in [-0.05, 0) is 31.2 Å². The molecule has 0 fully saturated rings. The van der Waals surface area contributed by atoms with Crippen LogP contribution < -0.4 is 15.7 Å². The van der Waals surface area contributed by atoms with Crippen molar-refractivity contribution in [2.75, 3.05) is 12.4 Å². The summed E-state index contributed by atoms with van der Waals surface area (Å²) in [6.07, 6.45) is 0. The number of aromatic nitrogens is 3. The fourth-order valence-electron chi connectivity index (χ4n) is 1.59. The number of nitrogens with one attached hydrogen (secondary N) is 2. The van der Waals surface area contributed by atoms with Crippen LogP contribution in [-0.4, -0.2) is 21.9 Å². The molecule has 0 atom stereocenters. The van der Waals surface area contributed by atoms with Crippen LogP contribution in [0, 0.1) is 0 Å². The summed E-state index contributed by atoms with van der Waals surface area (Å²) < 4.78 is 6.47. The molecule has 1 aromatic heterocycles. The van der Waals surface area contributed by atoms with E-state index in [-0.39, 0.29) is 5.69 Å². The molecule has 2 rings (SSSR count). The Balaban J connectivity index is 1.99. The van der Waals surface area contributed by atoms with E-state index in [2.05, 4.69) is 15.4 Å². The molecular weight excluding hydrogens is 232 g/mol. The Morgan fingerprint density at radius 3 is 2.67 bits per heavy atom. The first kappa shape index (κ1) is 12.2. The van der Waals surface area contributed by atoms with E-state index in [4.69, 9.17) is 4.74 Å². The number of ether oxygens (including phenoxy) is 1. The minimum Gasteiger partial charge on any atom is -0.497 e. The fraction of sp³-hybridized carbons (Fsp3) is 0.333. The van der Waals surface area contributed by atoms with Crippen LogP contribution in [-0.2, 0) is 13.1 Å². The Labute approximate surface area is 105 Å². The SMILES string of the molecule is CCn1nc(CNc2ccc(OC)cc2)[nH]c1=O. The third-order valence-corrected chi connectivity index (χ3v) is 2.58. The van der Waals surface area contributed by atoms with E-state index in [1.165, 1.54) is 4.68 Å². The number of H-pyrrole nitrogens is 1. The van der Waals surface area contributed by atoms with Crippen molar-refractivity contribution in [3.8, 4) is 5.75 Å². The van der Waals surface area contributed by atoms with Crippen LogP contribution in [0.1, 0.15) is 12.7 Å². The second kappa shape index (κ2) is 5.39. The van der Waals surface area contributed by atoms with Crippen LogP contribution in [0.2, 0.25) is 0 Å². The summed E-state index contributed by atoms with van der Waals surface area (Å²) in [5.41, 5.74) is 0.770. The molecule has 0 radical (unpaired) electrons. The summed E-state index contributed by atoms with van der Waals surface area (Å²) in [6.45, 7) is 2.93. The molecule has 0 bridgehead atoms. The minimum absolute atomic E-state index is 0.177. The Kier molecular flexibility index (Phi) is 3.66. The molecule has 0 saturated heterocycles. The number of aryl methyl sites for hydroxylation is 1. The van der Waals surface area contributed by atoms with Crippen molar-refractivity contribution in [1.82, 2.24) is 14.8 Å². The normalized spacial score (nSPS) is 10.3. The zero-order valence-electron chi connectivity index (χ0n) is 10.4. The van der Waals surface area contributed by atoms with Gasteiger partial charge in [0, 0.05) is 12.2 Å². The molecule has 6 nitrogen and oxygen atoms in total. The van der Waals surface area contributed by atoms with Crippen molar-refractivity contribution in [3.63, 3.8) is 0 Å². The third kappa shape index (κ3) is 2.71. The van der Waals surface area contributed by atoms with Gasteiger partial charge < -0.3 is 10.1 Å². The summed E-state index contributed by atoms with van der Waals surface area (Å²) in [5.74, 6) is 1.43. The van der Waals surface area contributed by atoms with Crippen LogP contribution in [0.25, 0.3) is 0 Å². The lowest BCUT2D eigenvalue weighted by atomic mass is 10.3. The van der Waals surface area contributed by atoms with Gasteiger partial charge in [-0.1, -0.05) is 0 Å². The smallest absolute Gasteiger partial charge is 0.343 e. The van der Waals surface area contributed by atoms with E-state index in [0.717, 1.165) is 11.4 Å². The van der Waals surface area contributed by atoms with Crippen LogP contribution in [0.5, 0.6) is 5.75 Å². The van der Waals surface area contributed by atoms with Gasteiger partial charge >= 0.3 is 5.69 Å². The maximum atomic E-state index is 11.4. The van der Waals surface area contributed by atoms with Gasteiger partial charge in [-0.25, -0.2) is 9.48 Å². The zero-order chi connectivity index (χ0) is 13.0. The van der Waals surface area contributed by atoms with Crippen molar-refractivity contribution in [2.24, 2.45) is 0 Å². The summed E-state index contributed by atoms with van der Waals surface area (Å²) >= 11 is 0. The number of anilines is 1. The Morgan fingerprint density at radius 1 is 1.39 bits per heavy atom. The molecule has 18 heavy (non-hydrogen) atoms. The maximum absolute atomic E-state index is 11.4. The van der Waals surface area contributed by atoms with Crippen molar-refractivity contribution in [1.29, 1.82) is 0 Å². The first-order chi connectivity index (χ1) is 8.72. The molecule has 2 aromatic rings. The molecule has 6 heteroatoms. The largest absolute Gasteiger partial charge is 0.497 e. The van der Waals surface area contributed by atoms with E-state index in [9.17, 15) is 4.79 Å². The Morgan fingerprint density at radius 2 is 2.11 bits per heavy atom. The quantitative estimate of drug-likeness (QED) is 0.834. The highest BCUT2D eigenvalue weighted by Gasteiger charge is 2.02. The molecule has 1 aromatic carbocycles. The fourth-order valence-corrected chi connectivity index (χ4v) is 1.59. The van der Waals surface area contributed by atoms with E-state index in [1.807, 2.05) is 31.2 Å². The number of hydrogen-bond donors (Lipinski definition) is 2. The van der Waals surface area contributed by atoms with E-state index >= 15 is 0 Å². The average Bonchev–Trinajstić information content (AvgIpc) is 2.77. The number of methoxy groups -OCH3 is 1. The molecule has 96 valence electrons. The molecule has 0 unspecified atom stereocenters. The summed E-state index contributed by atoms with van der Waals surface area (Å²) in [6, 6.07) is 7.56. The lowest BCUT2D eigenvalue weighted by Crippen LogP contribution is -2.16. The van der Waals surface area contributed by atoms with Gasteiger partial charge in [0.05, 0.1) is 13.7 Å². The number of rotatable bonds is 5. The predicted molar refractivity (Wildman–Crippen MR) is 68.8 cm³/mol. The highest BCUT2D eigenvalue weighted by Crippen LogP contribution is 2.15. The topological polar surface area (TPSA) is 71.9 Å². The van der Waals surface area contributed by atoms with Crippen molar-refractivity contribution in [3.05, 3.63) is 40.6 Å². The van der Waals surface area contributed by atoms with Crippen LogP contribution >= 0.6 is 0 Å². The lowest BCUT2D eigenvalue weighted by Gasteiger charge is -2.05. The van der Waals surface area contributed by atoms with Gasteiger partial charge in [-0.2, -0.15) is 5.10 Å². The molecule has 0 saturated carbocycles.